The third kappa shape index (κ3) is 1.34. The molecule has 2 rings (SSSR count). The molecule has 0 spiro atoms. The Morgan fingerprint density at radius 2 is 2.29 bits per heavy atom. The minimum absolute atomic E-state index is 0.0951. The Balaban J connectivity index is 2.33. The lowest BCUT2D eigenvalue weighted by Gasteiger charge is -2.38. The van der Waals surface area contributed by atoms with Gasteiger partial charge in [0, 0.05) is 4.88 Å². The number of halogens is 1. The molecule has 3 N–H and O–H groups in total. The number of amides is 1. The van der Waals surface area contributed by atoms with Crippen molar-refractivity contribution in [3.05, 3.63) is 21.3 Å². The van der Waals surface area contributed by atoms with Crippen molar-refractivity contribution in [3.63, 3.8) is 0 Å². The van der Waals surface area contributed by atoms with Crippen LogP contribution in [0.3, 0.4) is 0 Å². The van der Waals surface area contributed by atoms with E-state index in [1.807, 2.05) is 12.1 Å². The monoisotopic (exact) mass is 230 g/mol. The van der Waals surface area contributed by atoms with E-state index >= 15 is 0 Å². The van der Waals surface area contributed by atoms with E-state index < -0.39 is 5.41 Å². The van der Waals surface area contributed by atoms with E-state index in [9.17, 15) is 4.79 Å². The molecule has 5 heteroatoms. The molecule has 76 valence electrons. The second-order valence-electron chi connectivity index (χ2n) is 3.51. The molecule has 0 atom stereocenters. The van der Waals surface area contributed by atoms with E-state index in [0.717, 1.165) is 28.5 Å². The molecular formula is C9H11ClN2OS. The lowest BCUT2D eigenvalue weighted by atomic mass is 9.67. The summed E-state index contributed by atoms with van der Waals surface area (Å²) in [5, 5.41) is 0. The van der Waals surface area contributed by atoms with Crippen LogP contribution in [-0.4, -0.2) is 5.91 Å². The summed E-state index contributed by atoms with van der Waals surface area (Å²) in [5.74, 6) is 5.09. The number of rotatable bonds is 2. The first kappa shape index (κ1) is 9.96. The van der Waals surface area contributed by atoms with Crippen LogP contribution < -0.4 is 11.3 Å². The molecule has 0 saturated heterocycles. The summed E-state index contributed by atoms with van der Waals surface area (Å²) in [5.41, 5.74) is 1.84. The zero-order valence-corrected chi connectivity index (χ0v) is 9.12. The van der Waals surface area contributed by atoms with Gasteiger partial charge in [-0.25, -0.2) is 5.84 Å². The van der Waals surface area contributed by atoms with Crippen molar-refractivity contribution < 1.29 is 4.79 Å². The van der Waals surface area contributed by atoms with Gasteiger partial charge in [-0.3, -0.25) is 10.2 Å². The van der Waals surface area contributed by atoms with Gasteiger partial charge in [0.25, 0.3) is 0 Å². The minimum atomic E-state index is -0.396. The minimum Gasteiger partial charge on any atom is -0.293 e. The van der Waals surface area contributed by atoms with E-state index in [1.54, 1.807) is 0 Å². The molecule has 1 aliphatic carbocycles. The number of nitrogens with two attached hydrogens (primary N) is 1. The Kier molecular flexibility index (Phi) is 2.51. The van der Waals surface area contributed by atoms with Crippen LogP contribution in [0.5, 0.6) is 0 Å². The van der Waals surface area contributed by atoms with Crippen LogP contribution in [0, 0.1) is 0 Å². The lowest BCUT2D eigenvalue weighted by Crippen LogP contribution is -2.50. The van der Waals surface area contributed by atoms with E-state index in [-0.39, 0.29) is 5.91 Å². The zero-order valence-electron chi connectivity index (χ0n) is 7.55. The largest absolute Gasteiger partial charge is 0.293 e. The summed E-state index contributed by atoms with van der Waals surface area (Å²) in [6.07, 6.45) is 2.81. The molecular weight excluding hydrogens is 220 g/mol. The standard InChI is InChI=1S/C9H11ClN2OS/c10-7-3-2-6(14-7)9(4-1-5-9)8(13)12-11/h2-3H,1,4-5,11H2,(H,12,13). The van der Waals surface area contributed by atoms with Gasteiger partial charge in [-0.15, -0.1) is 11.3 Å². The molecule has 1 aliphatic rings. The molecule has 3 nitrogen and oxygen atoms in total. The van der Waals surface area contributed by atoms with Gasteiger partial charge in [0.05, 0.1) is 9.75 Å². The first-order valence-corrected chi connectivity index (χ1v) is 5.65. The molecule has 1 fully saturated rings. The maximum Gasteiger partial charge on any atom is 0.245 e. The topological polar surface area (TPSA) is 55.1 Å². The van der Waals surface area contributed by atoms with Gasteiger partial charge in [-0.2, -0.15) is 0 Å². The molecule has 1 aromatic rings. The predicted molar refractivity (Wildman–Crippen MR) is 57.2 cm³/mol. The third-order valence-electron chi connectivity index (χ3n) is 2.82. The maximum atomic E-state index is 11.7. The summed E-state index contributed by atoms with van der Waals surface area (Å²) in [4.78, 5) is 12.7. The van der Waals surface area contributed by atoms with E-state index in [0.29, 0.717) is 0 Å². The summed E-state index contributed by atoms with van der Waals surface area (Å²) in [7, 11) is 0. The van der Waals surface area contributed by atoms with Crippen molar-refractivity contribution >= 4 is 28.8 Å². The first-order chi connectivity index (χ1) is 6.69. The van der Waals surface area contributed by atoms with Gasteiger partial charge in [0.2, 0.25) is 5.91 Å². The van der Waals surface area contributed by atoms with Crippen LogP contribution in [0.15, 0.2) is 12.1 Å². The molecule has 14 heavy (non-hydrogen) atoms. The van der Waals surface area contributed by atoms with Crippen LogP contribution >= 0.6 is 22.9 Å². The van der Waals surface area contributed by atoms with Crippen molar-refractivity contribution in [3.8, 4) is 0 Å². The van der Waals surface area contributed by atoms with Crippen LogP contribution in [0.1, 0.15) is 24.1 Å². The Morgan fingerprint density at radius 1 is 1.57 bits per heavy atom. The molecule has 0 aliphatic heterocycles. The van der Waals surface area contributed by atoms with Crippen molar-refractivity contribution in [1.29, 1.82) is 0 Å². The highest BCUT2D eigenvalue weighted by Gasteiger charge is 2.46. The van der Waals surface area contributed by atoms with Crippen molar-refractivity contribution in [1.82, 2.24) is 5.43 Å². The van der Waals surface area contributed by atoms with E-state index in [1.165, 1.54) is 11.3 Å². The quantitative estimate of drug-likeness (QED) is 0.463. The highest BCUT2D eigenvalue weighted by Crippen LogP contribution is 2.47. The number of thiophene rings is 1. The fraction of sp³-hybridized carbons (Fsp3) is 0.444. The van der Waals surface area contributed by atoms with Crippen LogP contribution in [0.2, 0.25) is 4.34 Å². The predicted octanol–water partition coefficient (Wildman–Crippen LogP) is 1.81. The van der Waals surface area contributed by atoms with Crippen LogP contribution in [0.4, 0.5) is 0 Å². The van der Waals surface area contributed by atoms with E-state index in [2.05, 4.69) is 5.43 Å². The smallest absolute Gasteiger partial charge is 0.245 e. The third-order valence-corrected chi connectivity index (χ3v) is 4.25. The fourth-order valence-corrected chi connectivity index (χ4v) is 3.11. The average Bonchev–Trinajstić information content (AvgIpc) is 2.50. The summed E-state index contributed by atoms with van der Waals surface area (Å²) >= 11 is 7.31. The van der Waals surface area contributed by atoms with E-state index in [4.69, 9.17) is 17.4 Å². The lowest BCUT2D eigenvalue weighted by molar-refractivity contribution is -0.129. The Bertz CT molecular complexity index is 359. The number of nitrogens with one attached hydrogen (secondary N) is 1. The molecule has 1 amide bonds. The van der Waals surface area contributed by atoms with Gasteiger partial charge >= 0.3 is 0 Å². The Morgan fingerprint density at radius 3 is 2.64 bits per heavy atom. The number of carbonyl (C=O) groups is 1. The number of hydrogen-bond acceptors (Lipinski definition) is 3. The highest BCUT2D eigenvalue weighted by molar-refractivity contribution is 7.16. The molecule has 0 aromatic carbocycles. The molecule has 1 aromatic heterocycles. The van der Waals surface area contributed by atoms with Crippen molar-refractivity contribution in [2.24, 2.45) is 5.84 Å². The molecule has 0 unspecified atom stereocenters. The van der Waals surface area contributed by atoms with Crippen LogP contribution in [-0.2, 0) is 10.2 Å². The second-order valence-corrected chi connectivity index (χ2v) is 5.23. The molecule has 0 bridgehead atoms. The van der Waals surface area contributed by atoms with Gasteiger partial charge in [-0.05, 0) is 25.0 Å². The van der Waals surface area contributed by atoms with Gasteiger partial charge in [-0.1, -0.05) is 18.0 Å². The Labute approximate surface area is 91.2 Å². The van der Waals surface area contributed by atoms with Gasteiger partial charge in [0.1, 0.15) is 0 Å². The SMILES string of the molecule is NNC(=O)C1(c2ccc(Cl)s2)CCC1. The first-order valence-electron chi connectivity index (χ1n) is 4.46. The number of carbonyl (C=O) groups excluding carboxylic acids is 1. The number of hydrogen-bond donors (Lipinski definition) is 2. The molecule has 1 saturated carbocycles. The number of hydrazine groups is 1. The van der Waals surface area contributed by atoms with Gasteiger partial charge in [0.15, 0.2) is 0 Å². The Hall–Kier alpha value is -0.580. The molecule has 0 radical (unpaired) electrons. The van der Waals surface area contributed by atoms with Gasteiger partial charge < -0.3 is 0 Å². The zero-order chi connectivity index (χ0) is 10.2. The summed E-state index contributed by atoms with van der Waals surface area (Å²) in [6, 6.07) is 3.74. The highest BCUT2D eigenvalue weighted by atomic mass is 35.5. The van der Waals surface area contributed by atoms with Crippen LogP contribution in [0.25, 0.3) is 0 Å². The summed E-state index contributed by atoms with van der Waals surface area (Å²) < 4.78 is 0.719. The second kappa shape index (κ2) is 3.53. The fourth-order valence-electron chi connectivity index (χ4n) is 1.83. The van der Waals surface area contributed by atoms with Crippen molar-refractivity contribution in [2.45, 2.75) is 24.7 Å². The average molecular weight is 231 g/mol. The maximum absolute atomic E-state index is 11.7. The normalized spacial score (nSPS) is 18.7. The molecule has 1 heterocycles. The van der Waals surface area contributed by atoms with Crippen molar-refractivity contribution in [2.75, 3.05) is 0 Å². The summed E-state index contributed by atoms with van der Waals surface area (Å²) in [6.45, 7) is 0.